The zero-order chi connectivity index (χ0) is 24.8. The van der Waals surface area contributed by atoms with Gasteiger partial charge in [-0.15, -0.1) is 5.10 Å². The average molecular weight is 510 g/mol. The Kier molecular flexibility index (Phi) is 5.51. The van der Waals surface area contributed by atoms with Crippen molar-refractivity contribution in [1.29, 1.82) is 0 Å². The topological polar surface area (TPSA) is 65.1 Å². The van der Waals surface area contributed by atoms with Gasteiger partial charge in [0.25, 0.3) is 5.56 Å². The summed E-state index contributed by atoms with van der Waals surface area (Å²) in [6.07, 6.45) is 3.84. The van der Waals surface area contributed by atoms with Gasteiger partial charge < -0.3 is 0 Å². The molecule has 8 heteroatoms. The molecule has 0 bridgehead atoms. The van der Waals surface area contributed by atoms with E-state index in [4.69, 9.17) is 16.7 Å². The van der Waals surface area contributed by atoms with Crippen LogP contribution in [0.4, 0.5) is 0 Å². The number of hydrogen-bond acceptors (Lipinski definition) is 5. The first-order valence-electron chi connectivity index (χ1n) is 11.4. The first-order chi connectivity index (χ1) is 17.5. The van der Waals surface area contributed by atoms with Crippen LogP contribution in [-0.2, 0) is 0 Å². The first-order valence-corrected chi connectivity index (χ1v) is 12.6. The maximum atomic E-state index is 13.3. The predicted octanol–water partition coefficient (Wildman–Crippen LogP) is 5.49. The molecule has 0 aliphatic rings. The summed E-state index contributed by atoms with van der Waals surface area (Å²) in [4.78, 5) is 18.4. The minimum absolute atomic E-state index is 0.206. The van der Waals surface area contributed by atoms with Gasteiger partial charge in [0.05, 0.1) is 10.2 Å². The molecule has 0 N–H and O–H groups in total. The second-order valence-corrected chi connectivity index (χ2v) is 10.0. The molecule has 6 aromatic rings. The fourth-order valence-corrected chi connectivity index (χ4v) is 5.13. The van der Waals surface area contributed by atoms with E-state index in [2.05, 4.69) is 42.1 Å². The van der Waals surface area contributed by atoms with Crippen LogP contribution < -0.4 is 10.1 Å². The summed E-state index contributed by atoms with van der Waals surface area (Å²) in [5.74, 6) is 0.495. The van der Waals surface area contributed by atoms with Crippen molar-refractivity contribution in [3.8, 4) is 28.3 Å². The normalized spacial score (nSPS) is 12.0. The van der Waals surface area contributed by atoms with Gasteiger partial charge in [-0.3, -0.25) is 4.79 Å². The number of aromatic nitrogens is 5. The van der Waals surface area contributed by atoms with Crippen molar-refractivity contribution >= 4 is 34.0 Å². The van der Waals surface area contributed by atoms with Gasteiger partial charge in [-0.25, -0.2) is 4.68 Å². The minimum Gasteiger partial charge on any atom is -0.266 e. The van der Waals surface area contributed by atoms with Crippen molar-refractivity contribution < 1.29 is 0 Å². The molecule has 0 fully saturated rings. The zero-order valence-corrected chi connectivity index (χ0v) is 21.1. The van der Waals surface area contributed by atoms with E-state index in [9.17, 15) is 4.79 Å². The van der Waals surface area contributed by atoms with Crippen molar-refractivity contribution in [3.05, 3.63) is 116 Å². The lowest BCUT2D eigenvalue weighted by Crippen LogP contribution is -2.23. The SMILES string of the molecule is Cc1ccc(C)c(-c2nn(-c3ccccc3)cc2/C=c2\sc3nc(-c4ccc(Cl)cc4)nn3c2=O)c1. The first kappa shape index (κ1) is 22.4. The molecule has 176 valence electrons. The molecule has 0 aliphatic carbocycles. The standard InChI is InChI=1S/C28H20ClN5OS/c1-17-8-9-18(2)23(14-17)25-20(16-33(31-25)22-6-4-3-5-7-22)15-24-27(35)34-28(36-24)30-26(32-34)19-10-12-21(29)13-11-19/h3-16H,1-2H3/b24-15-. The summed E-state index contributed by atoms with van der Waals surface area (Å²) < 4.78 is 3.76. The van der Waals surface area contributed by atoms with Crippen LogP contribution in [-0.4, -0.2) is 24.4 Å². The summed E-state index contributed by atoms with van der Waals surface area (Å²) in [7, 11) is 0. The zero-order valence-electron chi connectivity index (χ0n) is 19.5. The van der Waals surface area contributed by atoms with Crippen molar-refractivity contribution in [2.75, 3.05) is 0 Å². The van der Waals surface area contributed by atoms with Gasteiger partial charge in [0.2, 0.25) is 4.96 Å². The van der Waals surface area contributed by atoms with Crippen molar-refractivity contribution in [1.82, 2.24) is 24.4 Å². The van der Waals surface area contributed by atoms with Crippen LogP contribution in [0.25, 0.3) is 39.4 Å². The molecule has 0 saturated heterocycles. The monoisotopic (exact) mass is 509 g/mol. The molecular formula is C28H20ClN5OS. The third-order valence-electron chi connectivity index (χ3n) is 5.98. The molecule has 0 atom stereocenters. The van der Waals surface area contributed by atoms with E-state index in [0.717, 1.165) is 39.2 Å². The fraction of sp³-hybridized carbons (Fsp3) is 0.0714. The third kappa shape index (κ3) is 4.02. The van der Waals surface area contributed by atoms with Gasteiger partial charge in [-0.2, -0.15) is 14.6 Å². The predicted molar refractivity (Wildman–Crippen MR) is 145 cm³/mol. The molecule has 3 aromatic heterocycles. The number of aryl methyl sites for hydroxylation is 2. The molecule has 36 heavy (non-hydrogen) atoms. The molecule has 0 unspecified atom stereocenters. The van der Waals surface area contributed by atoms with Gasteiger partial charge in [-0.1, -0.05) is 58.8 Å². The Morgan fingerprint density at radius 2 is 1.72 bits per heavy atom. The van der Waals surface area contributed by atoms with E-state index in [1.165, 1.54) is 15.9 Å². The van der Waals surface area contributed by atoms with Crippen molar-refractivity contribution in [3.63, 3.8) is 0 Å². The van der Waals surface area contributed by atoms with Gasteiger partial charge in [0, 0.05) is 27.9 Å². The van der Waals surface area contributed by atoms with Crippen molar-refractivity contribution in [2.45, 2.75) is 13.8 Å². The molecule has 0 amide bonds. The summed E-state index contributed by atoms with van der Waals surface area (Å²) in [6.45, 7) is 4.13. The number of rotatable bonds is 4. The fourth-order valence-electron chi connectivity index (χ4n) is 4.10. The van der Waals surface area contributed by atoms with Gasteiger partial charge >= 0.3 is 0 Å². The molecule has 0 saturated carbocycles. The molecule has 0 aliphatic heterocycles. The van der Waals surface area contributed by atoms with Crippen LogP contribution >= 0.6 is 22.9 Å². The Hall–Kier alpha value is -4.07. The lowest BCUT2D eigenvalue weighted by Gasteiger charge is -2.05. The highest BCUT2D eigenvalue weighted by Gasteiger charge is 2.16. The maximum absolute atomic E-state index is 13.3. The quantitative estimate of drug-likeness (QED) is 0.315. The molecule has 3 heterocycles. The average Bonchev–Trinajstić information content (AvgIpc) is 3.57. The summed E-state index contributed by atoms with van der Waals surface area (Å²) in [6, 6.07) is 23.5. The maximum Gasteiger partial charge on any atom is 0.291 e. The summed E-state index contributed by atoms with van der Waals surface area (Å²) >= 11 is 7.30. The van der Waals surface area contributed by atoms with E-state index in [0.29, 0.717) is 20.3 Å². The van der Waals surface area contributed by atoms with Gasteiger partial charge in [0.1, 0.15) is 5.69 Å². The number of thiazole rings is 1. The highest BCUT2D eigenvalue weighted by atomic mass is 35.5. The Labute approximate surface area is 215 Å². The number of halogens is 1. The molecular weight excluding hydrogens is 490 g/mol. The summed E-state index contributed by atoms with van der Waals surface area (Å²) in [5.41, 5.74) is 6.52. The van der Waals surface area contributed by atoms with E-state index in [-0.39, 0.29) is 5.56 Å². The van der Waals surface area contributed by atoms with Crippen LogP contribution in [0.5, 0.6) is 0 Å². The molecule has 3 aromatic carbocycles. The Bertz CT molecular complexity index is 1840. The van der Waals surface area contributed by atoms with E-state index in [1.54, 1.807) is 12.1 Å². The van der Waals surface area contributed by atoms with Crippen LogP contribution in [0.2, 0.25) is 5.02 Å². The molecule has 6 nitrogen and oxygen atoms in total. The molecule has 6 rings (SSSR count). The third-order valence-corrected chi connectivity index (χ3v) is 7.19. The summed E-state index contributed by atoms with van der Waals surface area (Å²) in [5, 5.41) is 10.0. The van der Waals surface area contributed by atoms with Crippen molar-refractivity contribution in [2.24, 2.45) is 0 Å². The highest BCUT2D eigenvalue weighted by Crippen LogP contribution is 2.28. The number of hydrogen-bond donors (Lipinski definition) is 0. The smallest absolute Gasteiger partial charge is 0.266 e. The highest BCUT2D eigenvalue weighted by molar-refractivity contribution is 7.15. The number of para-hydroxylation sites is 1. The van der Waals surface area contributed by atoms with Gasteiger partial charge in [-0.05, 0) is 68.0 Å². The lowest BCUT2D eigenvalue weighted by atomic mass is 10.0. The largest absolute Gasteiger partial charge is 0.291 e. The van der Waals surface area contributed by atoms with Crippen LogP contribution in [0.15, 0.2) is 83.8 Å². The number of benzene rings is 3. The second-order valence-electron chi connectivity index (χ2n) is 8.58. The van der Waals surface area contributed by atoms with E-state index >= 15 is 0 Å². The van der Waals surface area contributed by atoms with Crippen LogP contribution in [0.3, 0.4) is 0 Å². The Morgan fingerprint density at radius 1 is 0.944 bits per heavy atom. The number of fused-ring (bicyclic) bond motifs is 1. The Balaban J connectivity index is 1.51. The lowest BCUT2D eigenvalue weighted by molar-refractivity contribution is 0.884. The molecule has 0 radical (unpaired) electrons. The van der Waals surface area contributed by atoms with E-state index in [1.807, 2.05) is 59.4 Å². The van der Waals surface area contributed by atoms with Crippen LogP contribution in [0.1, 0.15) is 16.7 Å². The van der Waals surface area contributed by atoms with E-state index < -0.39 is 0 Å². The Morgan fingerprint density at radius 3 is 2.47 bits per heavy atom. The van der Waals surface area contributed by atoms with Gasteiger partial charge in [0.15, 0.2) is 5.82 Å². The second kappa shape index (κ2) is 8.86. The minimum atomic E-state index is -0.206. The molecule has 0 spiro atoms. The van der Waals surface area contributed by atoms with Crippen LogP contribution in [0, 0.1) is 13.8 Å². The number of nitrogens with zero attached hydrogens (tertiary/aromatic N) is 5.